The Kier molecular flexibility index (Phi) is 7.75. The number of amides is 1. The van der Waals surface area contributed by atoms with Crippen LogP contribution in [-0.4, -0.2) is 23.3 Å². The van der Waals surface area contributed by atoms with Gasteiger partial charge in [0.15, 0.2) is 11.5 Å². The van der Waals surface area contributed by atoms with Crippen molar-refractivity contribution >= 4 is 6.09 Å². The molecule has 0 saturated heterocycles. The molecule has 1 atom stereocenters. The maximum Gasteiger partial charge on any atom is 0.408 e. The van der Waals surface area contributed by atoms with Crippen LogP contribution in [0.5, 0.6) is 11.5 Å². The van der Waals surface area contributed by atoms with E-state index in [1.165, 1.54) is 18.2 Å². The highest BCUT2D eigenvalue weighted by Gasteiger charge is 2.23. The van der Waals surface area contributed by atoms with Gasteiger partial charge in [-0.15, -0.1) is 0 Å². The lowest BCUT2D eigenvalue weighted by molar-refractivity contribution is -0.0515. The first kappa shape index (κ1) is 25.0. The first-order chi connectivity index (χ1) is 16.0. The summed E-state index contributed by atoms with van der Waals surface area (Å²) in [5.74, 6) is 0.509. The maximum absolute atomic E-state index is 12.9. The Morgan fingerprint density at radius 2 is 1.85 bits per heavy atom. The number of halogens is 2. The van der Waals surface area contributed by atoms with Gasteiger partial charge in [-0.3, -0.25) is 0 Å². The number of nitrogens with one attached hydrogen (secondary N) is 1. The van der Waals surface area contributed by atoms with Gasteiger partial charge in [-0.25, -0.2) is 9.78 Å². The lowest BCUT2D eigenvalue weighted by Gasteiger charge is -2.21. The number of hydrogen-bond acceptors (Lipinski definition) is 6. The molecule has 34 heavy (non-hydrogen) atoms. The van der Waals surface area contributed by atoms with Gasteiger partial charge in [-0.1, -0.05) is 30.3 Å². The molecule has 1 radical (unpaired) electrons. The molecule has 1 amide bonds. The molecule has 1 heterocycles. The van der Waals surface area contributed by atoms with Gasteiger partial charge >= 0.3 is 12.7 Å². The highest BCUT2D eigenvalue weighted by atomic mass is 19.3. The maximum atomic E-state index is 12.9. The monoisotopic (exact) mass is 473 g/mol. The highest BCUT2D eigenvalue weighted by molar-refractivity contribution is 5.68. The first-order valence-corrected chi connectivity index (χ1v) is 10.6. The average molecular weight is 473 g/mol. The summed E-state index contributed by atoms with van der Waals surface area (Å²) in [7, 11) is 0. The Labute approximate surface area is 197 Å². The largest absolute Gasteiger partial charge is 0.485 e. The van der Waals surface area contributed by atoms with E-state index in [2.05, 4.69) is 22.0 Å². The van der Waals surface area contributed by atoms with E-state index in [0.717, 1.165) is 5.56 Å². The van der Waals surface area contributed by atoms with E-state index in [-0.39, 0.29) is 24.0 Å². The number of hydrogen-bond donors (Lipinski definition) is 1. The second kappa shape index (κ2) is 10.5. The molecule has 0 saturated carbocycles. The number of carbonyl (C=O) groups is 1. The van der Waals surface area contributed by atoms with Gasteiger partial charge in [0, 0.05) is 5.56 Å². The molecule has 0 aliphatic heterocycles. The molecule has 1 N–H and O–H groups in total. The summed E-state index contributed by atoms with van der Waals surface area (Å²) < 4.78 is 47.2. The predicted molar refractivity (Wildman–Crippen MR) is 122 cm³/mol. The zero-order chi connectivity index (χ0) is 24.9. The van der Waals surface area contributed by atoms with Crippen molar-refractivity contribution in [3.63, 3.8) is 0 Å². The minimum atomic E-state index is -3.01. The first-order valence-electron chi connectivity index (χ1n) is 10.6. The van der Waals surface area contributed by atoms with Crippen LogP contribution >= 0.6 is 0 Å². The van der Waals surface area contributed by atoms with Gasteiger partial charge < -0.3 is 23.9 Å². The zero-order valence-corrected chi connectivity index (χ0v) is 19.4. The van der Waals surface area contributed by atoms with Crippen LogP contribution in [0, 0.1) is 6.92 Å². The molecular formula is C25H27F2N2O5. The second-order valence-corrected chi connectivity index (χ2v) is 8.51. The van der Waals surface area contributed by atoms with Gasteiger partial charge in [0.1, 0.15) is 18.0 Å². The molecule has 3 rings (SSSR count). The van der Waals surface area contributed by atoms with Crippen molar-refractivity contribution in [3.05, 3.63) is 72.5 Å². The molecule has 0 unspecified atom stereocenters. The molecule has 9 heteroatoms. The van der Waals surface area contributed by atoms with Crippen molar-refractivity contribution in [2.75, 3.05) is 0 Å². The summed E-state index contributed by atoms with van der Waals surface area (Å²) in [5.41, 5.74) is 0.988. The minimum absolute atomic E-state index is 0.104. The van der Waals surface area contributed by atoms with Crippen molar-refractivity contribution in [1.29, 1.82) is 0 Å². The van der Waals surface area contributed by atoms with E-state index in [1.807, 2.05) is 30.3 Å². The Morgan fingerprint density at radius 3 is 2.50 bits per heavy atom. The van der Waals surface area contributed by atoms with Gasteiger partial charge in [-0.05, 0) is 58.4 Å². The number of ether oxygens (including phenoxy) is 3. The fourth-order valence-electron chi connectivity index (χ4n) is 3.06. The summed E-state index contributed by atoms with van der Waals surface area (Å²) in [6.07, 6.45) is -0.609. The number of alkyl carbamates (subject to hydrolysis) is 1. The standard InChI is InChI=1S/C25H27F2N2O5/c1-15-21(16(2)29-24(30)34-25(3,4)5)33-22(28-15)18-11-12-19(32-23(26)27)20(13-18)31-14-17-9-7-6-8-10-17/h6-13,16,23H,1,14H2,2-5H3,(H,29,30)/t16-/m0/s1. The molecule has 0 spiro atoms. The van der Waals surface area contributed by atoms with Crippen molar-refractivity contribution in [2.24, 2.45) is 0 Å². The van der Waals surface area contributed by atoms with E-state index >= 15 is 0 Å². The van der Waals surface area contributed by atoms with Gasteiger partial charge in [0.05, 0.1) is 11.7 Å². The van der Waals surface area contributed by atoms with Crippen LogP contribution in [0.25, 0.3) is 11.5 Å². The van der Waals surface area contributed by atoms with Crippen molar-refractivity contribution in [3.8, 4) is 23.0 Å². The molecule has 3 aromatic rings. The number of rotatable bonds is 8. The Balaban J connectivity index is 1.82. The fourth-order valence-corrected chi connectivity index (χ4v) is 3.06. The Morgan fingerprint density at radius 1 is 1.15 bits per heavy atom. The predicted octanol–water partition coefficient (Wildman–Crippen LogP) is 6.29. The van der Waals surface area contributed by atoms with Gasteiger partial charge in [-0.2, -0.15) is 8.78 Å². The van der Waals surface area contributed by atoms with Crippen molar-refractivity contribution in [2.45, 2.75) is 52.6 Å². The molecule has 1 aromatic heterocycles. The van der Waals surface area contributed by atoms with Crippen LogP contribution in [0.15, 0.2) is 52.9 Å². The molecule has 2 aromatic carbocycles. The summed E-state index contributed by atoms with van der Waals surface area (Å²) in [5, 5.41) is 2.68. The number of aromatic nitrogens is 1. The summed E-state index contributed by atoms with van der Waals surface area (Å²) >= 11 is 0. The molecule has 181 valence electrons. The zero-order valence-electron chi connectivity index (χ0n) is 19.4. The van der Waals surface area contributed by atoms with Crippen LogP contribution in [0.3, 0.4) is 0 Å². The third kappa shape index (κ3) is 6.94. The van der Waals surface area contributed by atoms with Crippen LogP contribution in [0.2, 0.25) is 0 Å². The third-order valence-electron chi connectivity index (χ3n) is 4.50. The molecule has 0 aliphatic rings. The van der Waals surface area contributed by atoms with E-state index in [4.69, 9.17) is 13.9 Å². The number of oxazole rings is 1. The van der Waals surface area contributed by atoms with Crippen molar-refractivity contribution < 1.29 is 32.2 Å². The molecule has 0 bridgehead atoms. The molecule has 7 nitrogen and oxygen atoms in total. The van der Waals surface area contributed by atoms with Crippen LogP contribution < -0.4 is 14.8 Å². The fraction of sp³-hybridized carbons (Fsp3) is 0.320. The second-order valence-electron chi connectivity index (χ2n) is 8.51. The van der Waals surface area contributed by atoms with Crippen LogP contribution in [0.4, 0.5) is 13.6 Å². The number of carbonyl (C=O) groups excluding carboxylic acids is 1. The topological polar surface area (TPSA) is 82.8 Å². The van der Waals surface area contributed by atoms with Gasteiger partial charge in [0.2, 0.25) is 5.89 Å². The average Bonchev–Trinajstić information content (AvgIpc) is 3.13. The lowest BCUT2D eigenvalue weighted by Crippen LogP contribution is -2.34. The molecule has 0 aliphatic carbocycles. The Hall–Kier alpha value is -3.62. The summed E-state index contributed by atoms with van der Waals surface area (Å²) in [4.78, 5) is 16.4. The summed E-state index contributed by atoms with van der Waals surface area (Å²) in [6, 6.07) is 13.1. The number of nitrogens with zero attached hydrogens (tertiary/aromatic N) is 1. The molecule has 0 fully saturated rings. The van der Waals surface area contributed by atoms with Crippen LogP contribution in [-0.2, 0) is 11.3 Å². The van der Waals surface area contributed by atoms with E-state index in [9.17, 15) is 13.6 Å². The SMILES string of the molecule is [CH2]c1nc(-c2ccc(OC(F)F)c(OCc3ccccc3)c2)oc1[C@H](C)NC(=O)OC(C)(C)C. The van der Waals surface area contributed by atoms with E-state index in [1.54, 1.807) is 27.7 Å². The minimum Gasteiger partial charge on any atom is -0.485 e. The lowest BCUT2D eigenvalue weighted by atomic mass is 10.2. The third-order valence-corrected chi connectivity index (χ3v) is 4.50. The van der Waals surface area contributed by atoms with E-state index in [0.29, 0.717) is 17.0 Å². The smallest absolute Gasteiger partial charge is 0.408 e. The number of alkyl halides is 2. The highest BCUT2D eigenvalue weighted by Crippen LogP contribution is 2.35. The molecular weight excluding hydrogens is 446 g/mol. The normalized spacial score (nSPS) is 12.4. The Bertz CT molecular complexity index is 1110. The quantitative estimate of drug-likeness (QED) is 0.414. The van der Waals surface area contributed by atoms with E-state index < -0.39 is 24.3 Å². The summed E-state index contributed by atoms with van der Waals surface area (Å²) in [6.45, 7) is 8.00. The van der Waals surface area contributed by atoms with Crippen molar-refractivity contribution in [1.82, 2.24) is 10.3 Å². The van der Waals surface area contributed by atoms with Crippen LogP contribution in [0.1, 0.15) is 50.8 Å². The number of benzene rings is 2. The van der Waals surface area contributed by atoms with Gasteiger partial charge in [0.25, 0.3) is 0 Å².